The van der Waals surface area contributed by atoms with Gasteiger partial charge in [0.1, 0.15) is 11.5 Å². The van der Waals surface area contributed by atoms with Crippen molar-refractivity contribution in [1.29, 1.82) is 0 Å². The molecule has 4 rings (SSSR count). The Morgan fingerprint density at radius 3 is 2.45 bits per heavy atom. The Kier molecular flexibility index (Phi) is 6.56. The van der Waals surface area contributed by atoms with Gasteiger partial charge < -0.3 is 15.0 Å². The summed E-state index contributed by atoms with van der Waals surface area (Å²) in [5.41, 5.74) is 1.95. The number of halogens is 1. The van der Waals surface area contributed by atoms with Crippen molar-refractivity contribution in [2.75, 3.05) is 25.0 Å². The maximum absolute atomic E-state index is 13.1. The van der Waals surface area contributed by atoms with E-state index >= 15 is 0 Å². The highest BCUT2D eigenvalue weighted by molar-refractivity contribution is 5.95. The van der Waals surface area contributed by atoms with Crippen LogP contribution in [0.15, 0.2) is 67.0 Å². The third kappa shape index (κ3) is 4.60. The number of benzene rings is 2. The molecule has 0 unspecified atom stereocenters. The van der Waals surface area contributed by atoms with Crippen LogP contribution in [0.3, 0.4) is 0 Å². The molecule has 152 valence electrons. The van der Waals surface area contributed by atoms with Gasteiger partial charge >= 0.3 is 0 Å². The summed E-state index contributed by atoms with van der Waals surface area (Å²) in [6.07, 6.45) is 3.85. The van der Waals surface area contributed by atoms with Gasteiger partial charge in [-0.05, 0) is 42.0 Å². The molecular formula is C22H25ClN4O2. The van der Waals surface area contributed by atoms with E-state index in [4.69, 9.17) is 4.74 Å². The molecule has 2 atom stereocenters. The molecule has 7 heteroatoms. The minimum Gasteiger partial charge on any atom is -0.457 e. The number of ether oxygens (including phenoxy) is 1. The molecule has 29 heavy (non-hydrogen) atoms. The summed E-state index contributed by atoms with van der Waals surface area (Å²) >= 11 is 0. The second kappa shape index (κ2) is 9.11. The zero-order valence-corrected chi connectivity index (χ0v) is 17.3. The monoisotopic (exact) mass is 412 g/mol. The first-order valence-corrected chi connectivity index (χ1v) is 9.41. The van der Waals surface area contributed by atoms with Crippen molar-refractivity contribution < 1.29 is 9.53 Å². The maximum Gasteiger partial charge on any atom is 0.231 e. The van der Waals surface area contributed by atoms with Gasteiger partial charge in [0.05, 0.1) is 12.1 Å². The third-order valence-electron chi connectivity index (χ3n) is 5.22. The predicted molar refractivity (Wildman–Crippen MR) is 116 cm³/mol. The zero-order valence-electron chi connectivity index (χ0n) is 16.5. The Hall–Kier alpha value is -2.83. The molecular weight excluding hydrogens is 388 g/mol. The van der Waals surface area contributed by atoms with Gasteiger partial charge in [0.2, 0.25) is 5.91 Å². The number of carbonyl (C=O) groups is 1. The Labute approximate surface area is 176 Å². The van der Waals surface area contributed by atoms with Gasteiger partial charge in [0.15, 0.2) is 0 Å². The van der Waals surface area contributed by atoms with Crippen LogP contribution in [0.2, 0.25) is 0 Å². The summed E-state index contributed by atoms with van der Waals surface area (Å²) < 4.78 is 7.61. The summed E-state index contributed by atoms with van der Waals surface area (Å²) in [5.74, 6) is 1.68. The van der Waals surface area contributed by atoms with E-state index in [0.717, 1.165) is 29.3 Å². The van der Waals surface area contributed by atoms with Crippen molar-refractivity contribution in [2.45, 2.75) is 5.92 Å². The van der Waals surface area contributed by atoms with Gasteiger partial charge in [-0.3, -0.25) is 9.48 Å². The van der Waals surface area contributed by atoms with Gasteiger partial charge in [-0.2, -0.15) is 5.10 Å². The van der Waals surface area contributed by atoms with Crippen molar-refractivity contribution in [3.8, 4) is 11.5 Å². The molecule has 1 aliphatic rings. The van der Waals surface area contributed by atoms with Gasteiger partial charge in [0, 0.05) is 45.0 Å². The second-order valence-electron chi connectivity index (χ2n) is 7.12. The molecule has 1 N–H and O–H groups in total. The highest BCUT2D eigenvalue weighted by Gasteiger charge is 2.36. The summed E-state index contributed by atoms with van der Waals surface area (Å²) in [6.45, 7) is 1.47. The Balaban J connectivity index is 0.00000240. The van der Waals surface area contributed by atoms with Gasteiger partial charge in [-0.25, -0.2) is 0 Å². The quantitative estimate of drug-likeness (QED) is 0.695. The van der Waals surface area contributed by atoms with E-state index in [1.165, 1.54) is 0 Å². The first-order chi connectivity index (χ1) is 13.6. The summed E-state index contributed by atoms with van der Waals surface area (Å²) in [6, 6.07) is 17.2. The zero-order chi connectivity index (χ0) is 19.5. The fraction of sp³-hybridized carbons (Fsp3) is 0.273. The Bertz CT molecular complexity index is 943. The molecule has 1 aliphatic heterocycles. The Morgan fingerprint density at radius 2 is 1.79 bits per heavy atom. The van der Waals surface area contributed by atoms with Crippen molar-refractivity contribution in [2.24, 2.45) is 13.0 Å². The number of para-hydroxylation sites is 1. The lowest BCUT2D eigenvalue weighted by molar-refractivity contribution is -0.121. The number of rotatable bonds is 5. The van der Waals surface area contributed by atoms with Crippen LogP contribution in [-0.4, -0.2) is 35.8 Å². The molecule has 1 saturated heterocycles. The van der Waals surface area contributed by atoms with Crippen molar-refractivity contribution in [3.63, 3.8) is 0 Å². The average molecular weight is 413 g/mol. The summed E-state index contributed by atoms with van der Waals surface area (Å²) in [7, 11) is 3.72. The van der Waals surface area contributed by atoms with E-state index < -0.39 is 0 Å². The lowest BCUT2D eigenvalue weighted by Gasteiger charge is -2.24. The van der Waals surface area contributed by atoms with Crippen molar-refractivity contribution in [1.82, 2.24) is 15.1 Å². The van der Waals surface area contributed by atoms with Gasteiger partial charge in [0.25, 0.3) is 0 Å². The van der Waals surface area contributed by atoms with Crippen LogP contribution < -0.4 is 15.0 Å². The van der Waals surface area contributed by atoms with Gasteiger partial charge in [-0.1, -0.05) is 18.2 Å². The second-order valence-corrected chi connectivity index (χ2v) is 7.12. The fourth-order valence-electron chi connectivity index (χ4n) is 3.66. The number of carbonyl (C=O) groups excluding carboxylic acids is 1. The van der Waals surface area contributed by atoms with E-state index in [9.17, 15) is 4.79 Å². The van der Waals surface area contributed by atoms with Crippen LogP contribution in [0, 0.1) is 5.92 Å². The Morgan fingerprint density at radius 1 is 1.10 bits per heavy atom. The number of anilines is 1. The number of amides is 1. The molecule has 0 saturated carbocycles. The van der Waals surface area contributed by atoms with Crippen molar-refractivity contribution in [3.05, 3.63) is 72.6 Å². The SMILES string of the molecule is CN(C(=O)[C@H]1CNC[C@@H]1c1cnn(C)c1)c1ccc(Oc2ccccc2)cc1.Cl. The van der Waals surface area contributed by atoms with Crippen LogP contribution in [-0.2, 0) is 11.8 Å². The van der Waals surface area contributed by atoms with Crippen LogP contribution in [0.4, 0.5) is 5.69 Å². The molecule has 0 spiro atoms. The fourth-order valence-corrected chi connectivity index (χ4v) is 3.66. The molecule has 1 aromatic heterocycles. The molecule has 0 radical (unpaired) electrons. The minimum atomic E-state index is -0.102. The van der Waals surface area contributed by atoms with E-state index in [2.05, 4.69) is 10.4 Å². The van der Waals surface area contributed by atoms with E-state index in [1.54, 1.807) is 9.58 Å². The van der Waals surface area contributed by atoms with Crippen LogP contribution in [0.25, 0.3) is 0 Å². The normalized spacial score (nSPS) is 18.1. The van der Waals surface area contributed by atoms with Crippen molar-refractivity contribution >= 4 is 24.0 Å². The molecule has 0 bridgehead atoms. The molecule has 3 aromatic rings. The summed E-state index contributed by atoms with van der Waals surface area (Å²) in [4.78, 5) is 14.9. The molecule has 0 aliphatic carbocycles. The minimum absolute atomic E-state index is 0. The lowest BCUT2D eigenvalue weighted by atomic mass is 9.90. The first-order valence-electron chi connectivity index (χ1n) is 9.41. The maximum atomic E-state index is 13.1. The largest absolute Gasteiger partial charge is 0.457 e. The number of hydrogen-bond acceptors (Lipinski definition) is 4. The van der Waals surface area contributed by atoms with E-state index in [-0.39, 0.29) is 30.2 Å². The molecule has 2 aromatic carbocycles. The number of hydrogen-bond donors (Lipinski definition) is 1. The molecule has 1 fully saturated rings. The summed E-state index contributed by atoms with van der Waals surface area (Å²) in [5, 5.41) is 7.60. The van der Waals surface area contributed by atoms with Gasteiger partial charge in [-0.15, -0.1) is 12.4 Å². The van der Waals surface area contributed by atoms with E-state index in [0.29, 0.717) is 6.54 Å². The highest BCUT2D eigenvalue weighted by Crippen LogP contribution is 2.31. The standard InChI is InChI=1S/C22H24N4O2.ClH/c1-25-15-16(12-24-25)20-13-23-14-21(20)22(27)26(2)17-8-10-19(11-9-17)28-18-6-4-3-5-7-18;/h3-12,15,20-21,23H,13-14H2,1-2H3;1H/t20-,21+;/m1./s1. The number of nitrogens with zero attached hydrogens (tertiary/aromatic N) is 3. The number of aryl methyl sites for hydroxylation is 1. The predicted octanol–water partition coefficient (Wildman–Crippen LogP) is 3.60. The number of nitrogens with one attached hydrogen (secondary N) is 1. The first kappa shape index (κ1) is 20.9. The molecule has 1 amide bonds. The van der Waals surface area contributed by atoms with E-state index in [1.807, 2.05) is 81.1 Å². The molecule has 2 heterocycles. The van der Waals surface area contributed by atoms with Crippen LogP contribution in [0.1, 0.15) is 11.5 Å². The average Bonchev–Trinajstić information content (AvgIpc) is 3.37. The lowest BCUT2D eigenvalue weighted by Crippen LogP contribution is -2.36. The third-order valence-corrected chi connectivity index (χ3v) is 5.22. The smallest absolute Gasteiger partial charge is 0.231 e. The van der Waals surface area contributed by atoms with Crippen LogP contribution in [0.5, 0.6) is 11.5 Å². The topological polar surface area (TPSA) is 59.4 Å². The molecule has 6 nitrogen and oxygen atoms in total. The highest BCUT2D eigenvalue weighted by atomic mass is 35.5. The van der Waals surface area contributed by atoms with Crippen LogP contribution >= 0.6 is 12.4 Å². The number of aromatic nitrogens is 2.